The average Bonchev–Trinajstić information content (AvgIpc) is 2.36. The third-order valence-corrected chi connectivity index (χ3v) is 3.59. The number of rotatable bonds is 7. The Bertz CT molecular complexity index is 382. The molecule has 1 aromatic rings. The summed E-state index contributed by atoms with van der Waals surface area (Å²) >= 11 is 1.59. The van der Waals surface area contributed by atoms with E-state index in [0.29, 0.717) is 18.7 Å². The van der Waals surface area contributed by atoms with Gasteiger partial charge in [-0.05, 0) is 18.9 Å². The summed E-state index contributed by atoms with van der Waals surface area (Å²) in [5, 5.41) is 12.0. The largest absolute Gasteiger partial charge is 0.391 e. The summed E-state index contributed by atoms with van der Waals surface area (Å²) in [6.45, 7) is 4.30. The van der Waals surface area contributed by atoms with Gasteiger partial charge in [0.15, 0.2) is 0 Å². The second kappa shape index (κ2) is 8.16. The molecule has 1 aromatic carbocycles. The maximum Gasteiger partial charge on any atom is 0.230 e. The minimum atomic E-state index is -0.435. The van der Waals surface area contributed by atoms with Gasteiger partial charge in [0.05, 0.1) is 11.9 Å². The maximum atomic E-state index is 11.5. The molecule has 0 saturated carbocycles. The van der Waals surface area contributed by atoms with Gasteiger partial charge in [0, 0.05) is 12.3 Å². The monoisotopic (exact) mass is 267 g/mol. The number of carbonyl (C=O) groups excluding carboxylic acids is 1. The highest BCUT2D eigenvalue weighted by atomic mass is 32.2. The van der Waals surface area contributed by atoms with Crippen LogP contribution in [0.4, 0.5) is 0 Å². The van der Waals surface area contributed by atoms with Gasteiger partial charge in [0.1, 0.15) is 0 Å². The van der Waals surface area contributed by atoms with Crippen LogP contribution in [0.1, 0.15) is 24.5 Å². The van der Waals surface area contributed by atoms with Crippen LogP contribution in [-0.4, -0.2) is 29.4 Å². The highest BCUT2D eigenvalue weighted by Gasteiger charge is 2.05. The van der Waals surface area contributed by atoms with E-state index in [-0.39, 0.29) is 5.91 Å². The van der Waals surface area contributed by atoms with Crippen molar-refractivity contribution < 1.29 is 9.90 Å². The number of carbonyl (C=O) groups is 1. The first-order chi connectivity index (χ1) is 8.61. The fourth-order valence-electron chi connectivity index (χ4n) is 1.49. The van der Waals surface area contributed by atoms with Crippen LogP contribution >= 0.6 is 11.8 Å². The van der Waals surface area contributed by atoms with E-state index in [2.05, 4.69) is 30.4 Å². The van der Waals surface area contributed by atoms with Gasteiger partial charge in [0.2, 0.25) is 5.91 Å². The lowest BCUT2D eigenvalue weighted by Gasteiger charge is -2.09. The Morgan fingerprint density at radius 2 is 2.28 bits per heavy atom. The number of nitrogens with one attached hydrogen (secondary N) is 1. The van der Waals surface area contributed by atoms with Crippen molar-refractivity contribution in [3.05, 3.63) is 35.4 Å². The number of amides is 1. The van der Waals surface area contributed by atoms with Crippen molar-refractivity contribution in [3.63, 3.8) is 0 Å². The van der Waals surface area contributed by atoms with E-state index in [1.807, 2.05) is 13.0 Å². The third-order valence-electron chi connectivity index (χ3n) is 2.59. The summed E-state index contributed by atoms with van der Waals surface area (Å²) in [4.78, 5) is 11.5. The molecule has 1 amide bonds. The zero-order chi connectivity index (χ0) is 13.4. The Balaban J connectivity index is 2.19. The van der Waals surface area contributed by atoms with E-state index < -0.39 is 6.10 Å². The van der Waals surface area contributed by atoms with Crippen molar-refractivity contribution >= 4 is 17.7 Å². The summed E-state index contributed by atoms with van der Waals surface area (Å²) in [5.41, 5.74) is 2.48. The second-order valence-electron chi connectivity index (χ2n) is 4.35. The van der Waals surface area contributed by atoms with Gasteiger partial charge in [-0.25, -0.2) is 0 Å². The summed E-state index contributed by atoms with van der Waals surface area (Å²) in [6, 6.07) is 8.29. The Morgan fingerprint density at radius 1 is 1.50 bits per heavy atom. The number of aryl methyl sites for hydroxylation is 1. The van der Waals surface area contributed by atoms with Crippen LogP contribution in [0.3, 0.4) is 0 Å². The minimum absolute atomic E-state index is 0.0137. The van der Waals surface area contributed by atoms with Crippen LogP contribution in [0, 0.1) is 6.92 Å². The lowest BCUT2D eigenvalue weighted by molar-refractivity contribution is -0.119. The lowest BCUT2D eigenvalue weighted by Crippen LogP contribution is -2.32. The third kappa shape index (κ3) is 6.07. The molecule has 0 aliphatic rings. The smallest absolute Gasteiger partial charge is 0.230 e. The fourth-order valence-corrected chi connectivity index (χ4v) is 2.30. The van der Waals surface area contributed by atoms with Crippen molar-refractivity contribution in [1.29, 1.82) is 0 Å². The normalized spacial score (nSPS) is 12.2. The summed E-state index contributed by atoms with van der Waals surface area (Å²) < 4.78 is 0. The molecule has 100 valence electrons. The van der Waals surface area contributed by atoms with Crippen LogP contribution in [-0.2, 0) is 10.5 Å². The van der Waals surface area contributed by atoms with Crippen LogP contribution in [0.25, 0.3) is 0 Å². The predicted molar refractivity (Wildman–Crippen MR) is 76.6 cm³/mol. The number of thioether (sulfide) groups is 1. The summed E-state index contributed by atoms with van der Waals surface area (Å²) in [6.07, 6.45) is 0.229. The molecule has 0 bridgehead atoms. The molecule has 1 atom stereocenters. The van der Waals surface area contributed by atoms with Crippen molar-refractivity contribution in [3.8, 4) is 0 Å². The summed E-state index contributed by atoms with van der Waals surface area (Å²) in [7, 11) is 0. The fraction of sp³-hybridized carbons (Fsp3) is 0.500. The average molecular weight is 267 g/mol. The van der Waals surface area contributed by atoms with Gasteiger partial charge >= 0.3 is 0 Å². The van der Waals surface area contributed by atoms with E-state index >= 15 is 0 Å². The molecule has 0 aromatic heterocycles. The van der Waals surface area contributed by atoms with Crippen molar-refractivity contribution in [2.24, 2.45) is 0 Å². The van der Waals surface area contributed by atoms with Gasteiger partial charge in [-0.15, -0.1) is 11.8 Å². The SMILES string of the molecule is CCC(O)CNC(=O)CSCc1cccc(C)c1. The van der Waals surface area contributed by atoms with Gasteiger partial charge < -0.3 is 10.4 Å². The Hall–Kier alpha value is -1.00. The minimum Gasteiger partial charge on any atom is -0.391 e. The predicted octanol–water partition coefficient (Wildman–Crippen LogP) is 2.12. The molecule has 1 unspecified atom stereocenters. The number of benzene rings is 1. The molecule has 18 heavy (non-hydrogen) atoms. The molecule has 4 heteroatoms. The van der Waals surface area contributed by atoms with E-state index in [9.17, 15) is 9.90 Å². The van der Waals surface area contributed by atoms with Crippen molar-refractivity contribution in [2.45, 2.75) is 32.1 Å². The van der Waals surface area contributed by atoms with E-state index in [0.717, 1.165) is 5.75 Å². The molecule has 0 aliphatic carbocycles. The first kappa shape index (κ1) is 15.1. The maximum absolute atomic E-state index is 11.5. The van der Waals surface area contributed by atoms with E-state index in [1.54, 1.807) is 11.8 Å². The molecular formula is C14H21NO2S. The van der Waals surface area contributed by atoms with E-state index in [1.165, 1.54) is 11.1 Å². The zero-order valence-electron chi connectivity index (χ0n) is 11.0. The van der Waals surface area contributed by atoms with Gasteiger partial charge in [0.25, 0.3) is 0 Å². The second-order valence-corrected chi connectivity index (χ2v) is 5.33. The molecule has 0 spiro atoms. The lowest BCUT2D eigenvalue weighted by atomic mass is 10.2. The molecule has 0 heterocycles. The quantitative estimate of drug-likeness (QED) is 0.795. The molecule has 3 nitrogen and oxygen atoms in total. The standard InChI is InChI=1S/C14H21NO2S/c1-3-13(16)8-15-14(17)10-18-9-12-6-4-5-11(2)7-12/h4-7,13,16H,3,8-10H2,1-2H3,(H,15,17). The Morgan fingerprint density at radius 3 is 2.94 bits per heavy atom. The first-order valence-corrected chi connectivity index (χ1v) is 7.35. The molecule has 0 aliphatic heterocycles. The number of aliphatic hydroxyl groups excluding tert-OH is 1. The molecule has 0 saturated heterocycles. The van der Waals surface area contributed by atoms with Gasteiger partial charge in [-0.1, -0.05) is 36.8 Å². The Labute approximate surface area is 113 Å². The number of hydrogen-bond donors (Lipinski definition) is 2. The molecular weight excluding hydrogens is 246 g/mol. The van der Waals surface area contributed by atoms with Crippen LogP contribution in [0.15, 0.2) is 24.3 Å². The van der Waals surface area contributed by atoms with Crippen LogP contribution in [0.2, 0.25) is 0 Å². The summed E-state index contributed by atoms with van der Waals surface area (Å²) in [5.74, 6) is 1.26. The van der Waals surface area contributed by atoms with Gasteiger partial charge in [-0.2, -0.15) is 0 Å². The van der Waals surface area contributed by atoms with Crippen molar-refractivity contribution in [2.75, 3.05) is 12.3 Å². The topological polar surface area (TPSA) is 49.3 Å². The number of aliphatic hydroxyl groups is 1. The molecule has 0 fully saturated rings. The Kier molecular flexibility index (Phi) is 6.83. The van der Waals surface area contributed by atoms with Crippen LogP contribution < -0.4 is 5.32 Å². The van der Waals surface area contributed by atoms with Crippen LogP contribution in [0.5, 0.6) is 0 Å². The molecule has 0 radical (unpaired) electrons. The van der Waals surface area contributed by atoms with E-state index in [4.69, 9.17) is 0 Å². The van der Waals surface area contributed by atoms with Crippen molar-refractivity contribution in [1.82, 2.24) is 5.32 Å². The molecule has 1 rings (SSSR count). The highest BCUT2D eigenvalue weighted by Crippen LogP contribution is 2.13. The zero-order valence-corrected chi connectivity index (χ0v) is 11.8. The van der Waals surface area contributed by atoms with Gasteiger partial charge in [-0.3, -0.25) is 4.79 Å². The number of hydrogen-bond acceptors (Lipinski definition) is 3. The highest BCUT2D eigenvalue weighted by molar-refractivity contribution is 7.99. The molecule has 2 N–H and O–H groups in total. The first-order valence-electron chi connectivity index (χ1n) is 6.20.